The molecule has 0 bridgehead atoms. The third kappa shape index (κ3) is 5.67. The van der Waals surface area contributed by atoms with Crippen LogP contribution < -0.4 is 4.74 Å². The maximum atomic E-state index is 13.4. The Bertz CT molecular complexity index is 1550. The largest absolute Gasteiger partial charge is 0.442 e. The number of carbonyl (C=O) groups is 1. The molecule has 1 unspecified atom stereocenters. The van der Waals surface area contributed by atoms with Gasteiger partial charge in [-0.05, 0) is 29.8 Å². The van der Waals surface area contributed by atoms with Gasteiger partial charge in [0, 0.05) is 36.1 Å². The summed E-state index contributed by atoms with van der Waals surface area (Å²) in [7, 11) is 0. The molecule has 0 fully saturated rings. The van der Waals surface area contributed by atoms with Crippen LogP contribution in [-0.4, -0.2) is 26.5 Å². The maximum Gasteiger partial charge on any atom is 0.416 e. The van der Waals surface area contributed by atoms with Crippen molar-refractivity contribution in [2.75, 3.05) is 0 Å². The fourth-order valence-corrected chi connectivity index (χ4v) is 4.58. The smallest absolute Gasteiger partial charge is 0.416 e. The molecule has 0 saturated carbocycles. The van der Waals surface area contributed by atoms with Crippen LogP contribution in [0.2, 0.25) is 10.0 Å². The number of rotatable bonds is 6. The monoisotopic (exact) mass is 600 g/mol. The van der Waals surface area contributed by atoms with Crippen molar-refractivity contribution < 1.29 is 36.9 Å². The van der Waals surface area contributed by atoms with E-state index in [-0.39, 0.29) is 34.2 Å². The summed E-state index contributed by atoms with van der Waals surface area (Å²) in [5.74, 6) is -2.65. The third-order valence-electron chi connectivity index (χ3n) is 5.78. The quantitative estimate of drug-likeness (QED) is 0.164. The van der Waals surface area contributed by atoms with Gasteiger partial charge in [-0.1, -0.05) is 35.3 Å². The van der Waals surface area contributed by atoms with E-state index in [4.69, 9.17) is 27.9 Å². The van der Waals surface area contributed by atoms with Gasteiger partial charge < -0.3 is 4.74 Å². The summed E-state index contributed by atoms with van der Waals surface area (Å²) in [6.45, 7) is 1.18. The van der Waals surface area contributed by atoms with Crippen molar-refractivity contribution in [3.8, 4) is 11.5 Å². The second-order valence-electron chi connectivity index (χ2n) is 8.40. The number of halogens is 6. The summed E-state index contributed by atoms with van der Waals surface area (Å²) in [6, 6.07) is 6.79. The Morgan fingerprint density at radius 2 is 1.60 bits per heavy atom. The van der Waals surface area contributed by atoms with Gasteiger partial charge in [-0.2, -0.15) is 18.3 Å². The van der Waals surface area contributed by atoms with Crippen molar-refractivity contribution >= 4 is 46.2 Å². The molecule has 0 aromatic heterocycles. The van der Waals surface area contributed by atoms with Crippen molar-refractivity contribution in [3.05, 3.63) is 101 Å². The molecule has 16 heteroatoms. The third-order valence-corrected chi connectivity index (χ3v) is 6.28. The Balaban J connectivity index is 1.88. The highest BCUT2D eigenvalue weighted by molar-refractivity contribution is 6.35. The zero-order chi connectivity index (χ0) is 29.5. The Hall–Kier alpha value is -4.30. The second-order valence-corrected chi connectivity index (χ2v) is 9.24. The van der Waals surface area contributed by atoms with Gasteiger partial charge in [0.1, 0.15) is 5.82 Å². The summed E-state index contributed by atoms with van der Waals surface area (Å²) < 4.78 is 59.0. The first kappa shape index (κ1) is 28.7. The van der Waals surface area contributed by atoms with Gasteiger partial charge in [0.15, 0.2) is 5.75 Å². The number of benzene rings is 3. The number of amides is 1. The van der Waals surface area contributed by atoms with Crippen LogP contribution in [0.4, 0.5) is 28.9 Å². The predicted molar refractivity (Wildman–Crippen MR) is 134 cm³/mol. The molecule has 0 aliphatic carbocycles. The Labute approximate surface area is 231 Å². The number of nitro benzene ring substituents is 2. The van der Waals surface area contributed by atoms with Gasteiger partial charge in [-0.25, -0.2) is 9.40 Å². The molecule has 3 aromatic rings. The molecule has 0 radical (unpaired) electrons. The minimum absolute atomic E-state index is 0.00273. The lowest BCUT2D eigenvalue weighted by Crippen LogP contribution is -2.24. The summed E-state index contributed by atoms with van der Waals surface area (Å²) in [5.41, 5.74) is -3.56. The van der Waals surface area contributed by atoms with Crippen LogP contribution in [0.15, 0.2) is 53.6 Å². The fourth-order valence-electron chi connectivity index (χ4n) is 4.04. The van der Waals surface area contributed by atoms with Crippen LogP contribution in [0.25, 0.3) is 0 Å². The fraction of sp³-hybridized carbons (Fsp3) is 0.167. The molecule has 1 heterocycles. The summed E-state index contributed by atoms with van der Waals surface area (Å²) >= 11 is 12.5. The van der Waals surface area contributed by atoms with Gasteiger partial charge >= 0.3 is 17.6 Å². The lowest BCUT2D eigenvalue weighted by Gasteiger charge is -2.24. The highest BCUT2D eigenvalue weighted by Crippen LogP contribution is 2.49. The van der Waals surface area contributed by atoms with Crippen molar-refractivity contribution in [1.82, 2.24) is 5.01 Å². The average molecular weight is 601 g/mol. The van der Waals surface area contributed by atoms with Crippen LogP contribution in [0, 0.1) is 26.0 Å². The molecule has 1 aliphatic rings. The molecule has 1 aliphatic heterocycles. The van der Waals surface area contributed by atoms with Crippen molar-refractivity contribution in [3.63, 3.8) is 0 Å². The van der Waals surface area contributed by atoms with Crippen LogP contribution in [-0.2, 0) is 11.0 Å². The molecule has 3 aromatic carbocycles. The zero-order valence-electron chi connectivity index (χ0n) is 19.9. The molecule has 208 valence electrons. The summed E-state index contributed by atoms with van der Waals surface area (Å²) in [4.78, 5) is 33.3. The number of hydrogen-bond acceptors (Lipinski definition) is 7. The molecule has 4 rings (SSSR count). The number of alkyl halides is 3. The van der Waals surface area contributed by atoms with Crippen molar-refractivity contribution in [2.24, 2.45) is 5.10 Å². The molecular weight excluding hydrogens is 587 g/mol. The van der Waals surface area contributed by atoms with E-state index in [1.807, 2.05) is 0 Å². The van der Waals surface area contributed by atoms with Crippen molar-refractivity contribution in [2.45, 2.75) is 25.6 Å². The van der Waals surface area contributed by atoms with Gasteiger partial charge in [0.05, 0.1) is 32.2 Å². The SMILES string of the molecule is CC(=O)N1N=C(c2ccc(F)cc2)CC1c1cc(Cl)cc(Cl)c1Oc1c([N+](=O)[O-])cc(C(F)(F)F)cc1[N+](=O)[O-]. The van der Waals surface area contributed by atoms with E-state index in [1.165, 1.54) is 37.3 Å². The normalized spacial score (nSPS) is 15.1. The lowest BCUT2D eigenvalue weighted by molar-refractivity contribution is -0.396. The minimum Gasteiger partial charge on any atom is -0.442 e. The summed E-state index contributed by atoms with van der Waals surface area (Å²) in [6.07, 6.45) is -5.16. The second kappa shape index (κ2) is 10.7. The number of nitrogens with zero attached hydrogens (tertiary/aromatic N) is 4. The standard InChI is InChI=1S/C24H14Cl2F4N4O6/c1-11(35)32-19(10-18(31-32)12-2-4-15(27)5-3-12)16-8-14(25)9-17(26)22(16)40-23-20(33(36)37)6-13(24(28,29)30)7-21(23)34(38)39/h2-9,19H,10H2,1H3. The highest BCUT2D eigenvalue weighted by Gasteiger charge is 2.40. The maximum absolute atomic E-state index is 13.4. The van der Waals surface area contributed by atoms with Crippen LogP contribution >= 0.6 is 23.2 Å². The Kier molecular flexibility index (Phi) is 7.67. The number of nitro groups is 2. The molecule has 10 nitrogen and oxygen atoms in total. The van der Waals surface area contributed by atoms with E-state index in [2.05, 4.69) is 5.10 Å². The first-order valence-corrected chi connectivity index (χ1v) is 11.8. The number of carbonyl (C=O) groups excluding carboxylic acids is 1. The first-order chi connectivity index (χ1) is 18.7. The minimum atomic E-state index is -5.14. The molecule has 1 atom stereocenters. The van der Waals surface area contributed by atoms with E-state index in [0.29, 0.717) is 11.3 Å². The van der Waals surface area contributed by atoms with E-state index in [0.717, 1.165) is 11.1 Å². The van der Waals surface area contributed by atoms with Crippen LogP contribution in [0.5, 0.6) is 11.5 Å². The molecule has 0 N–H and O–H groups in total. The number of hydrogen-bond donors (Lipinski definition) is 0. The van der Waals surface area contributed by atoms with Crippen LogP contribution in [0.3, 0.4) is 0 Å². The van der Waals surface area contributed by atoms with Crippen molar-refractivity contribution in [1.29, 1.82) is 0 Å². The molecular formula is C24H14Cl2F4N4O6. The predicted octanol–water partition coefficient (Wildman–Crippen LogP) is 7.46. The van der Waals surface area contributed by atoms with E-state index in [9.17, 15) is 42.6 Å². The van der Waals surface area contributed by atoms with E-state index in [1.54, 1.807) is 0 Å². The Morgan fingerprint density at radius 1 is 1.02 bits per heavy atom. The number of ether oxygens (including phenoxy) is 1. The molecule has 40 heavy (non-hydrogen) atoms. The van der Waals surface area contributed by atoms with Gasteiger partial charge in [-0.15, -0.1) is 0 Å². The van der Waals surface area contributed by atoms with Gasteiger partial charge in [0.2, 0.25) is 5.91 Å². The van der Waals surface area contributed by atoms with E-state index >= 15 is 0 Å². The van der Waals surface area contributed by atoms with Crippen LogP contribution in [0.1, 0.15) is 36.1 Å². The zero-order valence-corrected chi connectivity index (χ0v) is 21.4. The average Bonchev–Trinajstić information content (AvgIpc) is 3.30. The molecule has 0 spiro atoms. The molecule has 1 amide bonds. The first-order valence-electron chi connectivity index (χ1n) is 11.0. The molecule has 0 saturated heterocycles. The summed E-state index contributed by atoms with van der Waals surface area (Å²) in [5, 5.41) is 28.4. The number of hydrazone groups is 1. The van der Waals surface area contributed by atoms with Gasteiger partial charge in [-0.3, -0.25) is 25.0 Å². The van der Waals surface area contributed by atoms with Gasteiger partial charge in [0.25, 0.3) is 5.75 Å². The topological polar surface area (TPSA) is 128 Å². The Morgan fingerprint density at radius 3 is 2.10 bits per heavy atom. The lowest BCUT2D eigenvalue weighted by atomic mass is 9.97. The highest BCUT2D eigenvalue weighted by atomic mass is 35.5. The van der Waals surface area contributed by atoms with E-state index < -0.39 is 62.2 Å².